The number of esters is 1. The van der Waals surface area contributed by atoms with Gasteiger partial charge in [-0.25, -0.2) is 15.0 Å². The number of pyridine rings is 1. The van der Waals surface area contributed by atoms with Gasteiger partial charge >= 0.3 is 5.97 Å². The monoisotopic (exact) mass is 426 g/mol. The molecule has 0 saturated heterocycles. The molecule has 10 nitrogen and oxygen atoms in total. The van der Waals surface area contributed by atoms with Crippen LogP contribution in [0.2, 0.25) is 0 Å². The number of hydrogen-bond acceptors (Lipinski definition) is 10. The number of nitriles is 1. The minimum atomic E-state index is -0.493. The average molecular weight is 427 g/mol. The van der Waals surface area contributed by atoms with Gasteiger partial charge in [0.25, 0.3) is 0 Å². The summed E-state index contributed by atoms with van der Waals surface area (Å²) in [7, 11) is 0. The lowest BCUT2D eigenvalue weighted by atomic mass is 9.99. The van der Waals surface area contributed by atoms with E-state index >= 15 is 0 Å². The van der Waals surface area contributed by atoms with Crippen LogP contribution in [0, 0.1) is 17.2 Å². The summed E-state index contributed by atoms with van der Waals surface area (Å²) < 4.78 is 5.38. The van der Waals surface area contributed by atoms with E-state index in [4.69, 9.17) is 21.5 Å². The molecule has 0 aliphatic rings. The average Bonchev–Trinajstić information content (AvgIpc) is 2.71. The lowest BCUT2D eigenvalue weighted by Gasteiger charge is -2.21. The van der Waals surface area contributed by atoms with Crippen LogP contribution in [0.15, 0.2) is 24.7 Å². The van der Waals surface area contributed by atoms with Crippen LogP contribution < -0.4 is 22.1 Å². The fraction of sp³-hybridized carbons (Fsp3) is 0.476. The quantitative estimate of drug-likeness (QED) is 0.415. The van der Waals surface area contributed by atoms with Crippen LogP contribution >= 0.6 is 0 Å². The zero-order valence-corrected chi connectivity index (χ0v) is 18.2. The Balaban J connectivity index is 1.97. The summed E-state index contributed by atoms with van der Waals surface area (Å²) in [5.41, 5.74) is 12.7. The second-order valence-corrected chi connectivity index (χ2v) is 8.13. The molecule has 2 heterocycles. The minimum absolute atomic E-state index is 0.186. The molecule has 0 bridgehead atoms. The van der Waals surface area contributed by atoms with Crippen LogP contribution in [-0.4, -0.2) is 39.6 Å². The van der Waals surface area contributed by atoms with Crippen molar-refractivity contribution in [3.05, 3.63) is 30.4 Å². The summed E-state index contributed by atoms with van der Waals surface area (Å²) in [4.78, 5) is 24.3. The molecule has 2 aromatic rings. The Morgan fingerprint density at radius 3 is 2.55 bits per heavy atom. The van der Waals surface area contributed by atoms with Crippen molar-refractivity contribution in [3.8, 4) is 6.07 Å². The number of hydrogen-bond donors (Lipinski definition) is 4. The predicted molar refractivity (Wildman–Crippen MR) is 119 cm³/mol. The second kappa shape index (κ2) is 11.1. The van der Waals surface area contributed by atoms with Gasteiger partial charge < -0.3 is 26.8 Å². The van der Waals surface area contributed by atoms with Gasteiger partial charge in [-0.2, -0.15) is 5.26 Å². The number of anilines is 4. The number of nitrogens with two attached hydrogens (primary N) is 2. The molecule has 1 atom stereocenters. The van der Waals surface area contributed by atoms with Crippen LogP contribution in [-0.2, 0) is 9.53 Å². The van der Waals surface area contributed by atoms with Gasteiger partial charge in [-0.3, -0.25) is 4.79 Å². The van der Waals surface area contributed by atoms with Crippen molar-refractivity contribution >= 4 is 29.0 Å². The molecule has 0 radical (unpaired) electrons. The van der Waals surface area contributed by atoms with Crippen LogP contribution in [0.3, 0.4) is 0 Å². The van der Waals surface area contributed by atoms with E-state index in [2.05, 4.69) is 25.6 Å². The van der Waals surface area contributed by atoms with Gasteiger partial charge in [-0.05, 0) is 46.1 Å². The van der Waals surface area contributed by atoms with E-state index < -0.39 is 5.60 Å². The molecular formula is C21H30N8O2. The van der Waals surface area contributed by atoms with Crippen molar-refractivity contribution in [1.29, 1.82) is 5.26 Å². The van der Waals surface area contributed by atoms with Gasteiger partial charge in [0.05, 0.1) is 30.0 Å². The predicted octanol–water partition coefficient (Wildman–Crippen LogP) is 2.57. The number of rotatable bonds is 10. The van der Waals surface area contributed by atoms with Gasteiger partial charge in [0.1, 0.15) is 23.3 Å². The number of ether oxygens (including phenoxy) is 1. The van der Waals surface area contributed by atoms with Crippen molar-refractivity contribution in [2.45, 2.75) is 45.6 Å². The van der Waals surface area contributed by atoms with Gasteiger partial charge in [0.2, 0.25) is 0 Å². The Morgan fingerprint density at radius 2 is 1.94 bits per heavy atom. The van der Waals surface area contributed by atoms with Crippen LogP contribution in [0.5, 0.6) is 0 Å². The summed E-state index contributed by atoms with van der Waals surface area (Å²) >= 11 is 0. The molecule has 0 aromatic carbocycles. The first-order valence-corrected chi connectivity index (χ1v) is 10.1. The van der Waals surface area contributed by atoms with Crippen molar-refractivity contribution in [2.24, 2.45) is 11.7 Å². The SMILES string of the molecule is CC(C)(C)OC(=O)CCC(CCN)CNc1cc(Nc2cnc(C#N)cn2)ncc1N. The van der Waals surface area contributed by atoms with Crippen molar-refractivity contribution in [1.82, 2.24) is 15.0 Å². The van der Waals surface area contributed by atoms with Crippen molar-refractivity contribution in [2.75, 3.05) is 29.5 Å². The van der Waals surface area contributed by atoms with Gasteiger partial charge in [0, 0.05) is 19.0 Å². The summed E-state index contributed by atoms with van der Waals surface area (Å²) in [5, 5.41) is 15.2. The molecule has 6 N–H and O–H groups in total. The van der Waals surface area contributed by atoms with E-state index in [1.165, 1.54) is 12.4 Å². The van der Waals surface area contributed by atoms with E-state index in [-0.39, 0.29) is 17.6 Å². The molecule has 166 valence electrons. The third-order valence-corrected chi connectivity index (χ3v) is 4.29. The second-order valence-electron chi connectivity index (χ2n) is 8.13. The first kappa shape index (κ1) is 23.8. The van der Waals surface area contributed by atoms with E-state index in [1.807, 2.05) is 26.8 Å². The topological polar surface area (TPSA) is 165 Å². The Morgan fingerprint density at radius 1 is 1.19 bits per heavy atom. The van der Waals surface area contributed by atoms with Crippen LogP contribution in [0.4, 0.5) is 23.0 Å². The highest BCUT2D eigenvalue weighted by Crippen LogP contribution is 2.24. The third kappa shape index (κ3) is 8.44. The smallest absolute Gasteiger partial charge is 0.306 e. The molecule has 10 heteroatoms. The lowest BCUT2D eigenvalue weighted by Crippen LogP contribution is -2.25. The molecule has 0 amide bonds. The Bertz CT molecular complexity index is 903. The number of carbonyl (C=O) groups is 1. The van der Waals surface area contributed by atoms with Crippen LogP contribution in [0.1, 0.15) is 45.7 Å². The van der Waals surface area contributed by atoms with Gasteiger partial charge in [0.15, 0.2) is 5.69 Å². The zero-order chi connectivity index (χ0) is 22.9. The van der Waals surface area contributed by atoms with E-state index in [0.29, 0.717) is 48.9 Å². The van der Waals surface area contributed by atoms with E-state index in [9.17, 15) is 4.79 Å². The summed E-state index contributed by atoms with van der Waals surface area (Å²) in [5.74, 6) is 0.958. The molecule has 1 unspecified atom stereocenters. The maximum absolute atomic E-state index is 12.0. The maximum atomic E-state index is 12.0. The molecule has 31 heavy (non-hydrogen) atoms. The van der Waals surface area contributed by atoms with Gasteiger partial charge in [-0.15, -0.1) is 0 Å². The number of nitrogens with zero attached hydrogens (tertiary/aromatic N) is 4. The zero-order valence-electron chi connectivity index (χ0n) is 18.2. The Labute approximate surface area is 182 Å². The summed E-state index contributed by atoms with van der Waals surface area (Å²) in [6, 6.07) is 3.69. The highest BCUT2D eigenvalue weighted by atomic mass is 16.6. The first-order valence-electron chi connectivity index (χ1n) is 10.1. The van der Waals surface area contributed by atoms with Gasteiger partial charge in [-0.1, -0.05) is 0 Å². The molecule has 0 saturated carbocycles. The largest absolute Gasteiger partial charge is 0.460 e. The number of aromatic nitrogens is 3. The molecular weight excluding hydrogens is 396 g/mol. The molecule has 0 fully saturated rings. The number of nitrogen functional groups attached to an aromatic ring is 1. The molecule has 0 aliphatic carbocycles. The highest BCUT2D eigenvalue weighted by molar-refractivity contribution is 5.71. The van der Waals surface area contributed by atoms with E-state index in [1.54, 1.807) is 12.3 Å². The molecule has 2 rings (SSSR count). The Hall–Kier alpha value is -3.45. The molecule has 0 spiro atoms. The minimum Gasteiger partial charge on any atom is -0.460 e. The number of nitrogens with one attached hydrogen (secondary N) is 2. The number of carbonyl (C=O) groups excluding carboxylic acids is 1. The fourth-order valence-corrected chi connectivity index (χ4v) is 2.82. The molecule has 0 aliphatic heterocycles. The standard InChI is InChI=1S/C21H30N8O2/c1-21(2,3)31-20(30)5-4-14(6-7-22)10-26-17-8-18(28-12-16(17)24)29-19-13-25-15(9-23)11-27-19/h8,11-14H,4-7,10,22,24H2,1-3H3,(H2,26,27,28,29). The highest BCUT2D eigenvalue weighted by Gasteiger charge is 2.18. The van der Waals surface area contributed by atoms with E-state index in [0.717, 1.165) is 6.42 Å². The third-order valence-electron chi connectivity index (χ3n) is 4.29. The normalized spacial score (nSPS) is 12.0. The summed E-state index contributed by atoms with van der Waals surface area (Å²) in [6.45, 7) is 6.68. The molecule has 2 aromatic heterocycles. The lowest BCUT2D eigenvalue weighted by molar-refractivity contribution is -0.155. The Kier molecular flexibility index (Phi) is 8.52. The van der Waals surface area contributed by atoms with Crippen LogP contribution in [0.25, 0.3) is 0 Å². The fourth-order valence-electron chi connectivity index (χ4n) is 2.82. The maximum Gasteiger partial charge on any atom is 0.306 e. The summed E-state index contributed by atoms with van der Waals surface area (Å²) in [6.07, 6.45) is 6.14. The van der Waals surface area contributed by atoms with Crippen molar-refractivity contribution in [3.63, 3.8) is 0 Å². The first-order chi connectivity index (χ1) is 14.7. The van der Waals surface area contributed by atoms with Crippen molar-refractivity contribution < 1.29 is 9.53 Å².